The molecule has 140 valence electrons. The lowest BCUT2D eigenvalue weighted by Crippen LogP contribution is -1.96. The van der Waals surface area contributed by atoms with Crippen LogP contribution in [-0.2, 0) is 0 Å². The highest BCUT2D eigenvalue weighted by molar-refractivity contribution is 8.14. The number of benzene rings is 1. The molecule has 1 aromatic carbocycles. The van der Waals surface area contributed by atoms with Crippen LogP contribution in [-0.4, -0.2) is 25.4 Å². The van der Waals surface area contributed by atoms with Gasteiger partial charge in [-0.05, 0) is 54.8 Å². The second kappa shape index (κ2) is 8.31. The Morgan fingerprint density at radius 3 is 2.93 bits per heavy atom. The zero-order valence-corrected chi connectivity index (χ0v) is 16.1. The van der Waals surface area contributed by atoms with Gasteiger partial charge in [0.25, 0.3) is 0 Å². The van der Waals surface area contributed by atoms with Gasteiger partial charge in [-0.3, -0.25) is 4.40 Å². The van der Waals surface area contributed by atoms with Gasteiger partial charge < -0.3 is 0 Å². The van der Waals surface area contributed by atoms with Crippen LogP contribution < -0.4 is 0 Å². The van der Waals surface area contributed by atoms with Crippen LogP contribution in [0.15, 0.2) is 82.2 Å². The lowest BCUT2D eigenvalue weighted by molar-refractivity contribution is 0.627. The van der Waals surface area contributed by atoms with Gasteiger partial charge in [0.2, 0.25) is 0 Å². The maximum absolute atomic E-state index is 13.6. The lowest BCUT2D eigenvalue weighted by Gasteiger charge is -2.08. The standard InChI is InChI=1S/C21H18FN5S/c1-15-8-9-16(17-5-2-6-18(22)12-17)4-3-7-21(26-24-15)28-19-10-11-20-25-23-14-27(20)13-19/h2,4-6,8-14H,3,7H2,1H3/b9-8-,16-4?,24-15+,26-21+. The normalized spacial score (nSPS) is 20.0. The van der Waals surface area contributed by atoms with Crippen LogP contribution in [0, 0.1) is 5.82 Å². The van der Waals surface area contributed by atoms with Gasteiger partial charge in [-0.1, -0.05) is 36.0 Å². The molecule has 0 saturated heterocycles. The molecule has 3 aromatic rings. The molecule has 2 aromatic heterocycles. The van der Waals surface area contributed by atoms with E-state index in [0.29, 0.717) is 0 Å². The number of fused-ring (bicyclic) bond motifs is 1. The lowest BCUT2D eigenvalue weighted by atomic mass is 10.0. The van der Waals surface area contributed by atoms with Crippen molar-refractivity contribution in [2.45, 2.75) is 24.7 Å². The molecule has 7 heteroatoms. The second-order valence-electron chi connectivity index (χ2n) is 6.34. The molecule has 0 saturated carbocycles. The van der Waals surface area contributed by atoms with Gasteiger partial charge in [-0.15, -0.1) is 15.3 Å². The topological polar surface area (TPSA) is 54.9 Å². The number of allylic oxidation sites excluding steroid dienone is 4. The van der Waals surface area contributed by atoms with Gasteiger partial charge in [-0.25, -0.2) is 4.39 Å². The van der Waals surface area contributed by atoms with Crippen molar-refractivity contribution in [2.24, 2.45) is 10.2 Å². The molecule has 4 rings (SSSR count). The molecule has 1 aliphatic rings. The Morgan fingerprint density at radius 1 is 1.11 bits per heavy atom. The van der Waals surface area contributed by atoms with E-state index < -0.39 is 0 Å². The number of hydrogen-bond donors (Lipinski definition) is 0. The van der Waals surface area contributed by atoms with E-state index in [2.05, 4.69) is 26.5 Å². The Labute approximate surface area is 166 Å². The third-order valence-electron chi connectivity index (χ3n) is 4.20. The molecule has 0 atom stereocenters. The number of hydrogen-bond acceptors (Lipinski definition) is 5. The first-order valence-corrected chi connectivity index (χ1v) is 9.71. The van der Waals surface area contributed by atoms with E-state index in [4.69, 9.17) is 0 Å². The number of nitrogens with zero attached hydrogens (tertiary/aromatic N) is 5. The van der Waals surface area contributed by atoms with Crippen LogP contribution in [0.2, 0.25) is 0 Å². The van der Waals surface area contributed by atoms with Crippen molar-refractivity contribution in [3.63, 3.8) is 0 Å². The van der Waals surface area contributed by atoms with Gasteiger partial charge >= 0.3 is 0 Å². The highest BCUT2D eigenvalue weighted by Gasteiger charge is 2.07. The fourth-order valence-corrected chi connectivity index (χ4v) is 3.68. The third kappa shape index (κ3) is 4.43. The van der Waals surface area contributed by atoms with Gasteiger partial charge in [0.15, 0.2) is 5.65 Å². The molecule has 0 unspecified atom stereocenters. The van der Waals surface area contributed by atoms with Crippen molar-refractivity contribution in [1.82, 2.24) is 14.6 Å². The highest BCUT2D eigenvalue weighted by Crippen LogP contribution is 2.25. The summed E-state index contributed by atoms with van der Waals surface area (Å²) in [5.74, 6) is -0.239. The summed E-state index contributed by atoms with van der Waals surface area (Å²) in [5.41, 5.74) is 3.43. The zero-order chi connectivity index (χ0) is 19.3. The first-order valence-electron chi connectivity index (χ1n) is 8.90. The van der Waals surface area contributed by atoms with Crippen molar-refractivity contribution in [2.75, 3.05) is 0 Å². The van der Waals surface area contributed by atoms with E-state index in [-0.39, 0.29) is 5.82 Å². The molecule has 0 radical (unpaired) electrons. The van der Waals surface area contributed by atoms with E-state index in [1.807, 2.05) is 47.9 Å². The molecular formula is C21H18FN5S. The SMILES string of the molecule is CC1=N\N=C(\Sc2ccc3nncn3c2)CCC=C(c2cccc(F)c2)/C=C\1. The maximum atomic E-state index is 13.6. The third-order valence-corrected chi connectivity index (χ3v) is 5.20. The van der Waals surface area contributed by atoms with E-state index in [9.17, 15) is 4.39 Å². The van der Waals surface area contributed by atoms with E-state index in [0.717, 1.165) is 45.3 Å². The van der Waals surface area contributed by atoms with Crippen LogP contribution in [0.4, 0.5) is 4.39 Å². The van der Waals surface area contributed by atoms with E-state index in [1.165, 1.54) is 6.07 Å². The summed E-state index contributed by atoms with van der Waals surface area (Å²) in [5, 5.41) is 17.6. The van der Waals surface area contributed by atoms with Crippen LogP contribution in [0.1, 0.15) is 25.3 Å². The molecule has 5 nitrogen and oxygen atoms in total. The van der Waals surface area contributed by atoms with Crippen LogP contribution in [0.3, 0.4) is 0 Å². The summed E-state index contributed by atoms with van der Waals surface area (Å²) in [6.07, 6.45) is 11.2. The average Bonchev–Trinajstić information content (AvgIpc) is 3.16. The second-order valence-corrected chi connectivity index (χ2v) is 7.49. The minimum Gasteiger partial charge on any atom is -0.288 e. The summed E-state index contributed by atoms with van der Waals surface area (Å²) in [7, 11) is 0. The molecule has 0 aliphatic carbocycles. The minimum absolute atomic E-state index is 0.239. The van der Waals surface area contributed by atoms with E-state index >= 15 is 0 Å². The fraction of sp³-hybridized carbons (Fsp3) is 0.143. The van der Waals surface area contributed by atoms with Gasteiger partial charge in [0, 0.05) is 17.5 Å². The molecule has 0 fully saturated rings. The van der Waals surface area contributed by atoms with Crippen LogP contribution in [0.5, 0.6) is 0 Å². The Bertz CT molecular complexity index is 1130. The Balaban J connectivity index is 1.58. The molecule has 28 heavy (non-hydrogen) atoms. The number of pyridine rings is 1. The predicted octanol–water partition coefficient (Wildman–Crippen LogP) is 5.17. The molecule has 0 N–H and O–H groups in total. The molecular weight excluding hydrogens is 373 g/mol. The first kappa shape index (κ1) is 18.3. The summed E-state index contributed by atoms with van der Waals surface area (Å²) in [4.78, 5) is 1.04. The molecule has 0 amide bonds. The smallest absolute Gasteiger partial charge is 0.160 e. The Morgan fingerprint density at radius 2 is 2.04 bits per heavy atom. The van der Waals surface area contributed by atoms with E-state index in [1.54, 1.807) is 30.2 Å². The summed E-state index contributed by atoms with van der Waals surface area (Å²) in [6.45, 7) is 1.90. The quantitative estimate of drug-likeness (QED) is 0.606. The van der Waals surface area contributed by atoms with Crippen molar-refractivity contribution < 1.29 is 4.39 Å². The van der Waals surface area contributed by atoms with Gasteiger partial charge in [0.05, 0.1) is 5.71 Å². The maximum Gasteiger partial charge on any atom is 0.160 e. The van der Waals surface area contributed by atoms with Gasteiger partial charge in [0.1, 0.15) is 17.2 Å². The van der Waals surface area contributed by atoms with Crippen LogP contribution >= 0.6 is 11.8 Å². The Hall–Kier alpha value is -3.06. The minimum atomic E-state index is -0.239. The summed E-state index contributed by atoms with van der Waals surface area (Å²) in [6, 6.07) is 10.6. The monoisotopic (exact) mass is 391 g/mol. The van der Waals surface area contributed by atoms with Crippen LogP contribution in [0.25, 0.3) is 11.2 Å². The zero-order valence-electron chi connectivity index (χ0n) is 15.3. The molecule has 3 heterocycles. The largest absolute Gasteiger partial charge is 0.288 e. The summed E-state index contributed by atoms with van der Waals surface area (Å²) < 4.78 is 15.5. The number of rotatable bonds is 2. The molecule has 1 aliphatic heterocycles. The molecule has 0 bridgehead atoms. The average molecular weight is 391 g/mol. The Kier molecular flexibility index (Phi) is 5.43. The van der Waals surface area contributed by atoms with Crippen molar-refractivity contribution in [3.8, 4) is 0 Å². The van der Waals surface area contributed by atoms with Crippen molar-refractivity contribution >= 4 is 33.7 Å². The van der Waals surface area contributed by atoms with Crippen molar-refractivity contribution in [1.29, 1.82) is 0 Å². The molecule has 0 spiro atoms. The first-order chi connectivity index (χ1) is 13.7. The van der Waals surface area contributed by atoms with Gasteiger partial charge in [-0.2, -0.15) is 5.10 Å². The number of aromatic nitrogens is 3. The summed E-state index contributed by atoms with van der Waals surface area (Å²) >= 11 is 1.58. The highest BCUT2D eigenvalue weighted by atomic mass is 32.2. The number of thioether (sulfide) groups is 1. The predicted molar refractivity (Wildman–Crippen MR) is 112 cm³/mol. The number of halogens is 1. The van der Waals surface area contributed by atoms with Crippen molar-refractivity contribution in [3.05, 3.63) is 78.5 Å². The fourth-order valence-electron chi connectivity index (χ4n) is 2.80.